The van der Waals surface area contributed by atoms with Crippen molar-refractivity contribution in [2.24, 2.45) is 0 Å². The monoisotopic (exact) mass is 480 g/mol. The molecular formula is C24H28N6O5. The average molecular weight is 481 g/mol. The molecule has 3 aliphatic heterocycles. The quantitative estimate of drug-likeness (QED) is 0.505. The largest absolute Gasteiger partial charge is 0.485 e. The van der Waals surface area contributed by atoms with Crippen molar-refractivity contribution in [3.05, 3.63) is 29.5 Å². The molecule has 2 aromatic heterocycles. The van der Waals surface area contributed by atoms with Gasteiger partial charge < -0.3 is 39.5 Å². The van der Waals surface area contributed by atoms with Gasteiger partial charge in [0, 0.05) is 25.9 Å². The number of rotatable bonds is 5. The van der Waals surface area contributed by atoms with Crippen molar-refractivity contribution >= 4 is 34.4 Å². The normalized spacial score (nSPS) is 19.7. The molecule has 2 fully saturated rings. The van der Waals surface area contributed by atoms with Crippen molar-refractivity contribution < 1.29 is 23.7 Å². The lowest BCUT2D eigenvalue weighted by Crippen LogP contribution is -2.41. The number of aromatic amines is 1. The van der Waals surface area contributed by atoms with E-state index in [1.807, 2.05) is 19.2 Å². The Bertz CT molecular complexity index is 1250. The van der Waals surface area contributed by atoms with Crippen LogP contribution in [0.3, 0.4) is 0 Å². The maximum atomic E-state index is 13.2. The van der Waals surface area contributed by atoms with Gasteiger partial charge in [-0.2, -0.15) is 9.97 Å². The van der Waals surface area contributed by atoms with Gasteiger partial charge in [0.2, 0.25) is 5.95 Å². The molecular weight excluding hydrogens is 452 g/mol. The maximum absolute atomic E-state index is 13.2. The second kappa shape index (κ2) is 9.23. The van der Waals surface area contributed by atoms with Crippen molar-refractivity contribution in [3.63, 3.8) is 0 Å². The van der Waals surface area contributed by atoms with E-state index in [1.54, 1.807) is 11.0 Å². The number of aromatic nitrogens is 3. The van der Waals surface area contributed by atoms with Crippen LogP contribution in [0, 0.1) is 6.92 Å². The second-order valence-electron chi connectivity index (χ2n) is 8.84. The smallest absolute Gasteiger partial charge is 0.257 e. The summed E-state index contributed by atoms with van der Waals surface area (Å²) in [5, 5.41) is 7.74. The highest BCUT2D eigenvalue weighted by molar-refractivity contribution is 5.99. The fourth-order valence-electron chi connectivity index (χ4n) is 4.65. The number of H-pyrrole nitrogens is 1. The minimum Gasteiger partial charge on any atom is -0.485 e. The van der Waals surface area contributed by atoms with Crippen LogP contribution in [0.1, 0.15) is 22.3 Å². The number of carbonyl (C=O) groups is 1. The molecule has 1 amide bonds. The van der Waals surface area contributed by atoms with Gasteiger partial charge in [-0.05, 0) is 31.0 Å². The Balaban J connectivity index is 1.33. The molecule has 0 saturated carbocycles. The number of morpholine rings is 1. The Morgan fingerprint density at radius 3 is 2.69 bits per heavy atom. The highest BCUT2D eigenvalue weighted by Crippen LogP contribution is 2.42. The van der Waals surface area contributed by atoms with Crippen LogP contribution in [-0.2, 0) is 9.47 Å². The highest BCUT2D eigenvalue weighted by Gasteiger charge is 2.28. The molecule has 0 radical (unpaired) electrons. The van der Waals surface area contributed by atoms with Crippen molar-refractivity contribution in [1.29, 1.82) is 0 Å². The Kier molecular flexibility index (Phi) is 5.78. The molecule has 184 valence electrons. The number of anilines is 3. The molecule has 5 heterocycles. The molecule has 3 N–H and O–H groups in total. The number of nitrogens with zero attached hydrogens (tertiary/aromatic N) is 3. The van der Waals surface area contributed by atoms with Gasteiger partial charge in [0.1, 0.15) is 24.7 Å². The zero-order chi connectivity index (χ0) is 23.8. The topological polar surface area (TPSA) is 123 Å². The summed E-state index contributed by atoms with van der Waals surface area (Å²) in [5.74, 6) is 1.99. The minimum atomic E-state index is -0.0913. The number of amides is 1. The molecule has 2 saturated heterocycles. The molecule has 3 aromatic rings. The summed E-state index contributed by atoms with van der Waals surface area (Å²) in [6, 6.07) is 3.78. The van der Waals surface area contributed by atoms with Gasteiger partial charge in [0.15, 0.2) is 11.5 Å². The second-order valence-corrected chi connectivity index (χ2v) is 8.84. The Morgan fingerprint density at radius 1 is 1.06 bits per heavy atom. The Labute approximate surface area is 202 Å². The third kappa shape index (κ3) is 4.21. The van der Waals surface area contributed by atoms with Gasteiger partial charge in [0.05, 0.1) is 42.5 Å². The van der Waals surface area contributed by atoms with Gasteiger partial charge >= 0.3 is 0 Å². The summed E-state index contributed by atoms with van der Waals surface area (Å²) in [7, 11) is 0. The van der Waals surface area contributed by atoms with Crippen molar-refractivity contribution in [3.8, 4) is 11.5 Å². The van der Waals surface area contributed by atoms with Crippen LogP contribution in [0.4, 0.5) is 17.5 Å². The van der Waals surface area contributed by atoms with Gasteiger partial charge in [-0.1, -0.05) is 0 Å². The molecule has 11 nitrogen and oxygen atoms in total. The fraction of sp³-hybridized carbons (Fsp3) is 0.458. The van der Waals surface area contributed by atoms with Crippen molar-refractivity contribution in [2.75, 3.05) is 63.4 Å². The minimum absolute atomic E-state index is 0.0913. The number of fused-ring (bicyclic) bond motifs is 2. The molecule has 0 bridgehead atoms. The van der Waals surface area contributed by atoms with Crippen LogP contribution >= 0.6 is 0 Å². The van der Waals surface area contributed by atoms with Crippen LogP contribution < -0.4 is 20.1 Å². The zero-order valence-corrected chi connectivity index (χ0v) is 19.6. The molecule has 35 heavy (non-hydrogen) atoms. The van der Waals surface area contributed by atoms with E-state index in [2.05, 4.69) is 20.6 Å². The number of benzene rings is 1. The summed E-state index contributed by atoms with van der Waals surface area (Å²) in [6.07, 6.45) is 2.85. The Morgan fingerprint density at radius 2 is 1.89 bits per heavy atom. The standard InChI is InChI=1S/C24H28N6O5/c1-14-12-25-21-18(14)22(26-15-4-7-33-13-15)29-24(28-21)27-17-3-2-16(19-20(17)35-11-10-34-19)23(31)30-5-8-32-9-6-30/h2-3,12,15H,4-11,13H2,1H3,(H3,25,26,27,28,29)/t15-/m0/s1. The van der Waals surface area contributed by atoms with Crippen LogP contribution in [0.15, 0.2) is 18.3 Å². The third-order valence-electron chi connectivity index (χ3n) is 6.46. The zero-order valence-electron chi connectivity index (χ0n) is 19.6. The van der Waals surface area contributed by atoms with E-state index in [9.17, 15) is 4.79 Å². The van der Waals surface area contributed by atoms with Crippen LogP contribution in [0.2, 0.25) is 0 Å². The summed E-state index contributed by atoms with van der Waals surface area (Å²) in [5.41, 5.74) is 2.91. The predicted molar refractivity (Wildman–Crippen MR) is 129 cm³/mol. The van der Waals surface area contributed by atoms with Crippen LogP contribution in [0.25, 0.3) is 11.0 Å². The first-order valence-corrected chi connectivity index (χ1v) is 11.9. The van der Waals surface area contributed by atoms with E-state index in [4.69, 9.17) is 23.9 Å². The number of hydrogen-bond acceptors (Lipinski definition) is 9. The molecule has 1 atom stereocenters. The molecule has 0 unspecified atom stereocenters. The molecule has 6 rings (SSSR count). The Hall–Kier alpha value is -3.57. The van der Waals surface area contributed by atoms with Crippen molar-refractivity contribution in [1.82, 2.24) is 19.9 Å². The summed E-state index contributed by atoms with van der Waals surface area (Å²) in [6.45, 7) is 6.36. The average Bonchev–Trinajstić information content (AvgIpc) is 3.54. The molecule has 0 spiro atoms. The molecule has 3 aliphatic rings. The number of hydrogen-bond donors (Lipinski definition) is 3. The molecule has 0 aliphatic carbocycles. The first-order chi connectivity index (χ1) is 17.2. The number of carbonyl (C=O) groups excluding carboxylic acids is 1. The maximum Gasteiger partial charge on any atom is 0.257 e. The van der Waals surface area contributed by atoms with E-state index in [0.29, 0.717) is 74.8 Å². The summed E-state index contributed by atoms with van der Waals surface area (Å²) in [4.78, 5) is 27.6. The van der Waals surface area contributed by atoms with Gasteiger partial charge in [0.25, 0.3) is 5.91 Å². The number of nitrogens with one attached hydrogen (secondary N) is 3. The van der Waals surface area contributed by atoms with E-state index >= 15 is 0 Å². The van der Waals surface area contributed by atoms with Crippen LogP contribution in [0.5, 0.6) is 11.5 Å². The van der Waals surface area contributed by atoms with E-state index < -0.39 is 0 Å². The van der Waals surface area contributed by atoms with Gasteiger partial charge in [-0.3, -0.25) is 4.79 Å². The molecule has 11 heteroatoms. The molecule has 1 aromatic carbocycles. The fourth-order valence-corrected chi connectivity index (χ4v) is 4.65. The van der Waals surface area contributed by atoms with Crippen LogP contribution in [-0.4, -0.2) is 84.5 Å². The van der Waals surface area contributed by atoms with Crippen molar-refractivity contribution in [2.45, 2.75) is 19.4 Å². The predicted octanol–water partition coefficient (Wildman–Crippen LogP) is 2.45. The SMILES string of the molecule is Cc1c[nH]c2nc(Nc3ccc(C(=O)N4CCOCC4)c4c3OCCO4)nc(N[C@H]3CCOC3)c12. The lowest BCUT2D eigenvalue weighted by molar-refractivity contribution is 0.0298. The van der Waals surface area contributed by atoms with Gasteiger partial charge in [-0.15, -0.1) is 0 Å². The number of aryl methyl sites for hydroxylation is 1. The van der Waals surface area contributed by atoms with E-state index in [1.165, 1.54) is 0 Å². The lowest BCUT2D eigenvalue weighted by atomic mass is 10.1. The lowest BCUT2D eigenvalue weighted by Gasteiger charge is -2.29. The van der Waals surface area contributed by atoms with Gasteiger partial charge in [-0.25, -0.2) is 0 Å². The summed E-state index contributed by atoms with van der Waals surface area (Å²) >= 11 is 0. The third-order valence-corrected chi connectivity index (χ3v) is 6.46. The first-order valence-electron chi connectivity index (χ1n) is 11.9. The van der Waals surface area contributed by atoms with E-state index in [0.717, 1.165) is 35.4 Å². The first kappa shape index (κ1) is 21.9. The number of ether oxygens (including phenoxy) is 4. The highest BCUT2D eigenvalue weighted by atomic mass is 16.6. The van der Waals surface area contributed by atoms with E-state index in [-0.39, 0.29) is 11.9 Å². The summed E-state index contributed by atoms with van der Waals surface area (Å²) < 4.78 is 22.8.